The van der Waals surface area contributed by atoms with E-state index in [2.05, 4.69) is 101 Å². The summed E-state index contributed by atoms with van der Waals surface area (Å²) in [5, 5.41) is 9.07. The van der Waals surface area contributed by atoms with Gasteiger partial charge in [0.2, 0.25) is 0 Å². The summed E-state index contributed by atoms with van der Waals surface area (Å²) < 4.78 is 3.55. The Kier molecular flexibility index (Phi) is 13.2. The van der Waals surface area contributed by atoms with Gasteiger partial charge < -0.3 is 10.6 Å². The minimum absolute atomic E-state index is 0.109. The van der Waals surface area contributed by atoms with Crippen LogP contribution in [0.15, 0.2) is 27.6 Å². The van der Waals surface area contributed by atoms with Gasteiger partial charge in [-0.1, -0.05) is 68.7 Å². The summed E-state index contributed by atoms with van der Waals surface area (Å²) in [4.78, 5) is 0. The second kappa shape index (κ2) is 12.2. The molecule has 0 N–H and O–H groups in total. The van der Waals surface area contributed by atoms with E-state index in [1.165, 1.54) is 26.5 Å². The van der Waals surface area contributed by atoms with Crippen LogP contribution >= 0.6 is 0 Å². The van der Waals surface area contributed by atoms with Crippen LogP contribution in [0.3, 0.4) is 0 Å². The Morgan fingerprint density at radius 3 is 1.67 bits per heavy atom. The van der Waals surface area contributed by atoms with Crippen molar-refractivity contribution in [1.82, 2.24) is 0 Å². The summed E-state index contributed by atoms with van der Waals surface area (Å²) in [6.45, 7) is 20.1. The molecule has 141 valence electrons. The topological polar surface area (TPSA) is 40.6 Å². The van der Waals surface area contributed by atoms with E-state index in [1.54, 1.807) is 7.05 Å². The van der Waals surface area contributed by atoms with E-state index in [9.17, 15) is 0 Å². The van der Waals surface area contributed by atoms with Crippen LogP contribution in [0.4, 0.5) is 0 Å². The third-order valence-corrected chi connectivity index (χ3v) is 2.39. The van der Waals surface area contributed by atoms with E-state index in [1.807, 2.05) is 0 Å². The van der Waals surface area contributed by atoms with Crippen molar-refractivity contribution in [2.45, 2.75) is 85.4 Å². The second-order valence-corrected chi connectivity index (χ2v) is 9.73. The number of hydrogen-bond donors (Lipinski definition) is 0. The molecule has 1 rings (SSSR count). The van der Waals surface area contributed by atoms with Crippen molar-refractivity contribution < 1.29 is 20.9 Å². The first-order chi connectivity index (χ1) is 10.7. The number of nitrogens with zero attached hydrogens (tertiary/aromatic N) is 3. The number of rotatable bonds is 3. The van der Waals surface area contributed by atoms with E-state index >= 15 is 0 Å². The Hall–Kier alpha value is -0.190. The molecule has 0 spiro atoms. The van der Waals surface area contributed by atoms with Crippen LogP contribution in [0.1, 0.15) is 67.9 Å². The zero-order valence-corrected chi connectivity index (χ0v) is 19.7. The van der Waals surface area contributed by atoms with Gasteiger partial charge in [-0.15, -0.1) is 23.2 Å². The Labute approximate surface area is 163 Å². The standard InChI is InChI=1S/C11H17N.C8H18N.CH3N.Nb/c1-11(2,3)12-9-8-10-6-4-5-7-10;1-7(2,3)9-8(4,5)6;1-2;/h4-7H,8-9H2,1-3H3;1-6H3;1H3;/q-2;-1;;. The zero-order valence-electron chi connectivity index (χ0n) is 17.5. The molecule has 4 heteroatoms. The fourth-order valence-corrected chi connectivity index (χ4v) is 2.11. The van der Waals surface area contributed by atoms with Crippen molar-refractivity contribution >= 4 is 0 Å². The van der Waals surface area contributed by atoms with Crippen molar-refractivity contribution in [3.63, 3.8) is 0 Å². The maximum atomic E-state index is 4.54. The zero-order chi connectivity index (χ0) is 19.4. The summed E-state index contributed by atoms with van der Waals surface area (Å²) in [5.74, 6) is 0. The normalized spacial score (nSPS) is 11.7. The predicted octanol–water partition coefficient (Wildman–Crippen LogP) is 6.42. The van der Waals surface area contributed by atoms with Crippen LogP contribution in [0, 0.1) is 0 Å². The third-order valence-electron chi connectivity index (χ3n) is 2.39. The summed E-state index contributed by atoms with van der Waals surface area (Å²) in [6, 6.07) is 8.45. The quantitative estimate of drug-likeness (QED) is 0.405. The van der Waals surface area contributed by atoms with Crippen molar-refractivity contribution in [3.05, 3.63) is 40.5 Å². The Balaban J connectivity index is 0. The molecule has 3 nitrogen and oxygen atoms in total. The molecule has 24 heavy (non-hydrogen) atoms. The molecule has 1 aromatic carbocycles. The third kappa shape index (κ3) is 24.1. The Morgan fingerprint density at radius 1 is 0.958 bits per heavy atom. The Morgan fingerprint density at radius 2 is 1.42 bits per heavy atom. The fraction of sp³-hybridized carbons (Fsp3) is 0.750. The van der Waals surface area contributed by atoms with Gasteiger partial charge in [0.15, 0.2) is 0 Å². The molecule has 0 aliphatic rings. The summed E-state index contributed by atoms with van der Waals surface area (Å²) in [6.07, 6.45) is 1.07. The molecular weight excluding hydrogens is 375 g/mol. The minimum atomic E-state index is 0.109. The molecule has 0 bridgehead atoms. The van der Waals surface area contributed by atoms with Crippen LogP contribution in [-0.4, -0.2) is 30.2 Å². The van der Waals surface area contributed by atoms with Crippen LogP contribution in [-0.2, 0) is 27.3 Å². The molecule has 0 amide bonds. The van der Waals surface area contributed by atoms with Crippen LogP contribution in [0.5, 0.6) is 0 Å². The fourth-order valence-electron chi connectivity index (χ4n) is 2.11. The average molecular weight is 413 g/mol. The molecule has 0 unspecified atom stereocenters. The maximum absolute atomic E-state index is 4.54. The Bertz CT molecular complexity index is 392. The molecule has 1 aromatic rings. The molecule has 0 heterocycles. The molecule has 0 aromatic heterocycles. The van der Waals surface area contributed by atoms with Gasteiger partial charge in [-0.2, -0.15) is 17.7 Å². The van der Waals surface area contributed by atoms with Crippen molar-refractivity contribution in [1.29, 1.82) is 0 Å². The van der Waals surface area contributed by atoms with Crippen molar-refractivity contribution in [3.8, 4) is 0 Å². The average Bonchev–Trinajstić information content (AvgIpc) is 2.76. The van der Waals surface area contributed by atoms with Crippen LogP contribution in [0.2, 0.25) is 0 Å². The monoisotopic (exact) mass is 413 g/mol. The number of hydrogen-bond acceptors (Lipinski definition) is 1. The van der Waals surface area contributed by atoms with E-state index < -0.39 is 0 Å². The first-order valence-electron chi connectivity index (χ1n) is 8.57. The van der Waals surface area contributed by atoms with Crippen LogP contribution < -0.4 is 0 Å². The van der Waals surface area contributed by atoms with Gasteiger partial charge in [0, 0.05) is 0 Å². The molecule has 0 atom stereocenters. The van der Waals surface area contributed by atoms with E-state index in [0.29, 0.717) is 0 Å². The molecule has 0 saturated carbocycles. The van der Waals surface area contributed by atoms with E-state index in [0.717, 1.165) is 13.0 Å². The molecule has 0 aliphatic carbocycles. The summed E-state index contributed by atoms with van der Waals surface area (Å²) in [5.41, 5.74) is 1.73. The molecule has 0 aliphatic heterocycles. The first-order valence-corrected chi connectivity index (χ1v) is 9.55. The van der Waals surface area contributed by atoms with Gasteiger partial charge in [-0.3, -0.25) is 0 Å². The van der Waals surface area contributed by atoms with Gasteiger partial charge >= 0.3 is 31.3 Å². The molecule has 0 radical (unpaired) electrons. The van der Waals surface area contributed by atoms with E-state index in [-0.39, 0.29) is 16.6 Å². The van der Waals surface area contributed by atoms with Gasteiger partial charge in [-0.05, 0) is 0 Å². The first kappa shape index (κ1) is 26.0. The van der Waals surface area contributed by atoms with Gasteiger partial charge in [0.1, 0.15) is 0 Å². The van der Waals surface area contributed by atoms with Gasteiger partial charge in [0.25, 0.3) is 0 Å². The molecular formula is C20H38N3Nb-3. The van der Waals surface area contributed by atoms with Gasteiger partial charge in [0.05, 0.1) is 0 Å². The van der Waals surface area contributed by atoms with Crippen molar-refractivity contribution in [2.75, 3.05) is 13.6 Å². The molecule has 0 fully saturated rings. The van der Waals surface area contributed by atoms with E-state index in [4.69, 9.17) is 0 Å². The van der Waals surface area contributed by atoms with Crippen molar-refractivity contribution in [2.24, 2.45) is 3.34 Å². The molecule has 0 saturated heterocycles. The predicted molar refractivity (Wildman–Crippen MR) is 105 cm³/mol. The second-order valence-electron chi connectivity index (χ2n) is 8.75. The summed E-state index contributed by atoms with van der Waals surface area (Å²) in [7, 11) is 1.77. The van der Waals surface area contributed by atoms with Gasteiger partial charge in [-0.25, -0.2) is 12.1 Å². The SMILES string of the molecule is CC(C)(C)[N-]C(C)(C)C.CC(C)(C)[N-]CCc1ccc[cH-]1.C[N]=[Nb]. The summed E-state index contributed by atoms with van der Waals surface area (Å²) >= 11 is 1.48. The van der Waals surface area contributed by atoms with Crippen LogP contribution in [0.25, 0.3) is 10.6 Å².